The van der Waals surface area contributed by atoms with Gasteiger partial charge >= 0.3 is 5.97 Å². The zero-order chi connectivity index (χ0) is 12.6. The Morgan fingerprint density at radius 3 is 2.59 bits per heavy atom. The third kappa shape index (κ3) is 1.84. The monoisotopic (exact) mass is 236 g/mol. The average Bonchev–Trinajstić information content (AvgIpc) is 2.32. The molecule has 0 aliphatic heterocycles. The van der Waals surface area contributed by atoms with Crippen LogP contribution in [-0.2, 0) is 16.0 Å². The van der Waals surface area contributed by atoms with Crippen molar-refractivity contribution in [3.8, 4) is 11.5 Å². The minimum atomic E-state index is -0.590. The molecular weight excluding hydrogens is 224 g/mol. The number of ketones is 1. The van der Waals surface area contributed by atoms with Crippen molar-refractivity contribution >= 4 is 11.8 Å². The molecule has 0 saturated heterocycles. The minimum absolute atomic E-state index is 0.00329. The second-order valence-corrected chi connectivity index (χ2v) is 4.01. The molecule has 0 radical (unpaired) electrons. The van der Waals surface area contributed by atoms with Gasteiger partial charge in [-0.25, -0.2) is 0 Å². The van der Waals surface area contributed by atoms with Crippen LogP contribution in [0.3, 0.4) is 0 Å². The van der Waals surface area contributed by atoms with Crippen molar-refractivity contribution in [2.24, 2.45) is 5.92 Å². The summed E-state index contributed by atoms with van der Waals surface area (Å²) in [5.74, 6) is -1.67. The highest BCUT2D eigenvalue weighted by atomic mass is 16.5. The number of phenols is 2. The van der Waals surface area contributed by atoms with Crippen LogP contribution in [0.1, 0.15) is 22.3 Å². The number of fused-ring (bicyclic) bond motifs is 1. The maximum atomic E-state index is 11.8. The molecule has 0 spiro atoms. The maximum absolute atomic E-state index is 11.8. The fourth-order valence-electron chi connectivity index (χ4n) is 2.12. The van der Waals surface area contributed by atoms with Crippen molar-refractivity contribution in [2.75, 3.05) is 7.11 Å². The van der Waals surface area contributed by atoms with Gasteiger partial charge in [0.15, 0.2) is 5.78 Å². The van der Waals surface area contributed by atoms with Crippen LogP contribution in [0.25, 0.3) is 0 Å². The van der Waals surface area contributed by atoms with Crippen LogP contribution >= 0.6 is 0 Å². The molecule has 2 rings (SSSR count). The Morgan fingerprint density at radius 2 is 1.94 bits per heavy atom. The van der Waals surface area contributed by atoms with Crippen molar-refractivity contribution in [3.05, 3.63) is 23.3 Å². The van der Waals surface area contributed by atoms with Gasteiger partial charge in [0.25, 0.3) is 0 Å². The second kappa shape index (κ2) is 4.08. The van der Waals surface area contributed by atoms with Crippen molar-refractivity contribution < 1.29 is 24.5 Å². The van der Waals surface area contributed by atoms with Gasteiger partial charge in [0.2, 0.25) is 0 Å². The molecule has 5 heteroatoms. The third-order valence-electron chi connectivity index (χ3n) is 2.96. The number of rotatable bonds is 1. The summed E-state index contributed by atoms with van der Waals surface area (Å²) in [6.07, 6.45) is 0.199. The fraction of sp³-hybridized carbons (Fsp3) is 0.333. The summed E-state index contributed by atoms with van der Waals surface area (Å²) in [6, 6.07) is 2.58. The minimum Gasteiger partial charge on any atom is -0.508 e. The highest BCUT2D eigenvalue weighted by molar-refractivity contribution is 6.03. The predicted octanol–water partition coefficient (Wildman–Crippen LogP) is 1.02. The normalized spacial score (nSPS) is 18.6. The van der Waals surface area contributed by atoms with E-state index in [9.17, 15) is 19.8 Å². The third-order valence-corrected chi connectivity index (χ3v) is 2.96. The van der Waals surface area contributed by atoms with Gasteiger partial charge in [-0.3, -0.25) is 9.59 Å². The van der Waals surface area contributed by atoms with E-state index in [1.54, 1.807) is 0 Å². The molecule has 17 heavy (non-hydrogen) atoms. The first-order valence-electron chi connectivity index (χ1n) is 5.19. The highest BCUT2D eigenvalue weighted by Crippen LogP contribution is 2.37. The first kappa shape index (κ1) is 11.4. The number of carbonyl (C=O) groups is 2. The summed E-state index contributed by atoms with van der Waals surface area (Å²) in [7, 11) is 1.25. The largest absolute Gasteiger partial charge is 0.508 e. The van der Waals surface area contributed by atoms with E-state index in [-0.39, 0.29) is 35.7 Å². The Kier molecular flexibility index (Phi) is 2.75. The summed E-state index contributed by atoms with van der Waals surface area (Å²) >= 11 is 0. The Bertz CT molecular complexity index is 492. The van der Waals surface area contributed by atoms with E-state index in [0.717, 1.165) is 0 Å². The topological polar surface area (TPSA) is 83.8 Å². The van der Waals surface area contributed by atoms with E-state index in [4.69, 9.17) is 0 Å². The van der Waals surface area contributed by atoms with Crippen LogP contribution in [0.4, 0.5) is 0 Å². The molecule has 1 aliphatic carbocycles. The molecule has 5 nitrogen and oxygen atoms in total. The van der Waals surface area contributed by atoms with Crippen LogP contribution in [0.5, 0.6) is 11.5 Å². The molecular formula is C12H12O5. The number of carbonyl (C=O) groups excluding carboxylic acids is 2. The van der Waals surface area contributed by atoms with Crippen molar-refractivity contribution in [3.63, 3.8) is 0 Å². The van der Waals surface area contributed by atoms with Gasteiger partial charge in [-0.15, -0.1) is 0 Å². The summed E-state index contributed by atoms with van der Waals surface area (Å²) in [4.78, 5) is 23.2. The standard InChI is InChI=1S/C12H12O5/c1-17-12(16)6-4-7-8(13)2-3-9(14)11(7)10(15)5-6/h2-3,6,13-14H,4-5H2,1H3. The zero-order valence-electron chi connectivity index (χ0n) is 9.27. The molecule has 0 heterocycles. The molecule has 2 N–H and O–H groups in total. The van der Waals surface area contributed by atoms with Crippen LogP contribution in [0.2, 0.25) is 0 Å². The Labute approximate surface area is 97.6 Å². The predicted molar refractivity (Wildman–Crippen MR) is 57.9 cm³/mol. The molecule has 0 fully saturated rings. The van der Waals surface area contributed by atoms with Crippen molar-refractivity contribution in [2.45, 2.75) is 12.8 Å². The first-order chi connectivity index (χ1) is 8.04. The number of esters is 1. The number of Topliss-reactive ketones (excluding diaryl/α,β-unsaturated/α-hetero) is 1. The van der Waals surface area contributed by atoms with E-state index in [2.05, 4.69) is 4.74 Å². The SMILES string of the molecule is COC(=O)C1CC(=O)c2c(O)ccc(O)c2C1. The number of hydrogen-bond acceptors (Lipinski definition) is 5. The number of benzene rings is 1. The van der Waals surface area contributed by atoms with Crippen LogP contribution < -0.4 is 0 Å². The summed E-state index contributed by atoms with van der Waals surface area (Å²) in [6.45, 7) is 0. The maximum Gasteiger partial charge on any atom is 0.309 e. The lowest BCUT2D eigenvalue weighted by Crippen LogP contribution is -2.27. The lowest BCUT2D eigenvalue weighted by atomic mass is 9.82. The summed E-state index contributed by atoms with van der Waals surface area (Å²) < 4.78 is 4.59. The van der Waals surface area contributed by atoms with E-state index >= 15 is 0 Å². The zero-order valence-corrected chi connectivity index (χ0v) is 9.27. The Balaban J connectivity index is 2.46. The summed E-state index contributed by atoms with van der Waals surface area (Å²) in [5, 5.41) is 19.2. The fourth-order valence-corrected chi connectivity index (χ4v) is 2.12. The van der Waals surface area contributed by atoms with Gasteiger partial charge in [0.05, 0.1) is 18.6 Å². The lowest BCUT2D eigenvalue weighted by Gasteiger charge is -2.22. The Morgan fingerprint density at radius 1 is 1.29 bits per heavy atom. The summed E-state index contributed by atoms with van der Waals surface area (Å²) in [5.41, 5.74) is 0.432. The van der Waals surface area contributed by atoms with E-state index in [1.165, 1.54) is 19.2 Å². The molecule has 0 saturated carbocycles. The van der Waals surface area contributed by atoms with E-state index in [1.807, 2.05) is 0 Å². The van der Waals surface area contributed by atoms with Crippen LogP contribution in [0.15, 0.2) is 12.1 Å². The molecule has 0 aromatic heterocycles. The number of methoxy groups -OCH3 is 1. The van der Waals surface area contributed by atoms with E-state index < -0.39 is 11.9 Å². The van der Waals surface area contributed by atoms with Gasteiger partial charge in [-0.05, 0) is 18.6 Å². The first-order valence-corrected chi connectivity index (χ1v) is 5.19. The highest BCUT2D eigenvalue weighted by Gasteiger charge is 2.33. The molecule has 1 aliphatic rings. The van der Waals surface area contributed by atoms with Gasteiger partial charge in [-0.2, -0.15) is 0 Å². The molecule has 1 unspecified atom stereocenters. The number of aromatic hydroxyl groups is 2. The van der Waals surface area contributed by atoms with Gasteiger partial charge in [0.1, 0.15) is 11.5 Å². The number of hydrogen-bond donors (Lipinski definition) is 2. The molecule has 90 valence electrons. The van der Waals surface area contributed by atoms with E-state index in [0.29, 0.717) is 5.56 Å². The quantitative estimate of drug-likeness (QED) is 0.561. The van der Waals surface area contributed by atoms with Crippen LogP contribution in [-0.4, -0.2) is 29.1 Å². The van der Waals surface area contributed by atoms with Gasteiger partial charge in [0, 0.05) is 12.0 Å². The molecule has 1 aromatic rings. The number of phenolic OH excluding ortho intramolecular Hbond substituents is 2. The second-order valence-electron chi connectivity index (χ2n) is 4.01. The van der Waals surface area contributed by atoms with Crippen molar-refractivity contribution in [1.82, 2.24) is 0 Å². The smallest absolute Gasteiger partial charge is 0.309 e. The van der Waals surface area contributed by atoms with Crippen LogP contribution in [0, 0.1) is 5.92 Å². The van der Waals surface area contributed by atoms with Crippen molar-refractivity contribution in [1.29, 1.82) is 0 Å². The molecule has 1 atom stereocenters. The van der Waals surface area contributed by atoms with Gasteiger partial charge < -0.3 is 14.9 Å². The molecule has 0 amide bonds. The Hall–Kier alpha value is -2.04. The lowest BCUT2D eigenvalue weighted by molar-refractivity contribution is -0.145. The number of ether oxygens (including phenoxy) is 1. The molecule has 0 bridgehead atoms. The molecule has 1 aromatic carbocycles. The average molecular weight is 236 g/mol. The van der Waals surface area contributed by atoms with Gasteiger partial charge in [-0.1, -0.05) is 0 Å².